The number of pyridine rings is 1. The van der Waals surface area contributed by atoms with Gasteiger partial charge in [-0.1, -0.05) is 20.8 Å². The van der Waals surface area contributed by atoms with Crippen LogP contribution in [0.2, 0.25) is 0 Å². The van der Waals surface area contributed by atoms with E-state index in [9.17, 15) is 4.79 Å². The molecular formula is C16H27N3O2. The van der Waals surface area contributed by atoms with Crippen LogP contribution in [0.4, 0.5) is 5.69 Å². The van der Waals surface area contributed by atoms with Crippen molar-refractivity contribution in [3.63, 3.8) is 0 Å². The zero-order valence-electron chi connectivity index (χ0n) is 13.5. The fourth-order valence-electron chi connectivity index (χ4n) is 1.87. The average molecular weight is 293 g/mol. The lowest BCUT2D eigenvalue weighted by Crippen LogP contribution is -2.35. The molecule has 1 rings (SSSR count). The lowest BCUT2D eigenvalue weighted by molar-refractivity contribution is 0.0921. The maximum absolute atomic E-state index is 12.3. The molecule has 0 fully saturated rings. The van der Waals surface area contributed by atoms with Gasteiger partial charge in [-0.3, -0.25) is 9.78 Å². The van der Waals surface area contributed by atoms with Gasteiger partial charge in [0.2, 0.25) is 0 Å². The fourth-order valence-corrected chi connectivity index (χ4v) is 1.87. The van der Waals surface area contributed by atoms with Crippen LogP contribution in [-0.4, -0.2) is 37.7 Å². The summed E-state index contributed by atoms with van der Waals surface area (Å²) in [6.07, 6.45) is 5.24. The van der Waals surface area contributed by atoms with E-state index in [-0.39, 0.29) is 11.3 Å². The summed E-state index contributed by atoms with van der Waals surface area (Å²) in [4.78, 5) is 16.4. The van der Waals surface area contributed by atoms with Crippen LogP contribution >= 0.6 is 0 Å². The number of nitrogens with zero attached hydrogens (tertiary/aromatic N) is 1. The summed E-state index contributed by atoms with van der Waals surface area (Å²) < 4.78 is 5.10. The Morgan fingerprint density at radius 1 is 1.43 bits per heavy atom. The summed E-state index contributed by atoms with van der Waals surface area (Å²) in [6.45, 7) is 8.46. The minimum Gasteiger partial charge on any atom is -0.385 e. The Kier molecular flexibility index (Phi) is 7.15. The normalized spacial score (nSPS) is 11.2. The fraction of sp³-hybridized carbons (Fsp3) is 0.625. The Morgan fingerprint density at radius 2 is 2.19 bits per heavy atom. The number of amides is 1. The molecule has 0 spiro atoms. The predicted molar refractivity (Wildman–Crippen MR) is 85.6 cm³/mol. The van der Waals surface area contributed by atoms with Gasteiger partial charge in [0, 0.05) is 33.0 Å². The zero-order chi connectivity index (χ0) is 15.7. The largest absolute Gasteiger partial charge is 0.385 e. The molecule has 2 N–H and O–H groups in total. The van der Waals surface area contributed by atoms with Crippen LogP contribution in [0.25, 0.3) is 0 Å². The topological polar surface area (TPSA) is 63.2 Å². The molecular weight excluding hydrogens is 266 g/mol. The Labute approximate surface area is 127 Å². The highest BCUT2D eigenvalue weighted by Crippen LogP contribution is 2.20. The second kappa shape index (κ2) is 8.62. The van der Waals surface area contributed by atoms with Crippen molar-refractivity contribution in [1.29, 1.82) is 0 Å². The number of aromatic nitrogens is 1. The maximum atomic E-state index is 12.3. The van der Waals surface area contributed by atoms with E-state index in [2.05, 4.69) is 36.4 Å². The zero-order valence-corrected chi connectivity index (χ0v) is 13.5. The van der Waals surface area contributed by atoms with E-state index in [1.165, 1.54) is 0 Å². The molecule has 1 aromatic rings. The average Bonchev–Trinajstić information content (AvgIpc) is 2.49. The first-order valence-electron chi connectivity index (χ1n) is 7.45. The van der Waals surface area contributed by atoms with Crippen molar-refractivity contribution in [3.8, 4) is 0 Å². The number of anilines is 1. The van der Waals surface area contributed by atoms with E-state index in [0.29, 0.717) is 18.7 Å². The van der Waals surface area contributed by atoms with Gasteiger partial charge in [-0.2, -0.15) is 0 Å². The predicted octanol–water partition coefficient (Wildman–Crippen LogP) is 2.70. The molecule has 0 aliphatic rings. The quantitative estimate of drug-likeness (QED) is 0.735. The third-order valence-electron chi connectivity index (χ3n) is 3.34. The van der Waals surface area contributed by atoms with E-state index in [1.54, 1.807) is 25.6 Å². The highest BCUT2D eigenvalue weighted by atomic mass is 16.5. The van der Waals surface area contributed by atoms with Crippen LogP contribution in [0.1, 0.15) is 44.0 Å². The second-order valence-corrected chi connectivity index (χ2v) is 5.94. The Balaban J connectivity index is 2.63. The lowest BCUT2D eigenvalue weighted by atomic mass is 9.89. The van der Waals surface area contributed by atoms with E-state index < -0.39 is 0 Å². The number of rotatable bonds is 9. The van der Waals surface area contributed by atoms with E-state index in [0.717, 1.165) is 25.1 Å². The molecule has 0 radical (unpaired) electrons. The van der Waals surface area contributed by atoms with Crippen molar-refractivity contribution in [2.45, 2.75) is 33.6 Å². The summed E-state index contributed by atoms with van der Waals surface area (Å²) in [5, 5.41) is 6.23. The molecule has 118 valence electrons. The van der Waals surface area contributed by atoms with Crippen molar-refractivity contribution in [3.05, 3.63) is 24.0 Å². The van der Waals surface area contributed by atoms with Crippen molar-refractivity contribution < 1.29 is 9.53 Å². The van der Waals surface area contributed by atoms with Crippen molar-refractivity contribution >= 4 is 11.6 Å². The number of carbonyl (C=O) groups is 1. The molecule has 0 atom stereocenters. The Bertz CT molecular complexity index is 447. The summed E-state index contributed by atoms with van der Waals surface area (Å²) in [5.74, 6) is -0.0681. The molecule has 21 heavy (non-hydrogen) atoms. The molecule has 0 bridgehead atoms. The maximum Gasteiger partial charge on any atom is 0.253 e. The van der Waals surface area contributed by atoms with Gasteiger partial charge in [0.25, 0.3) is 5.91 Å². The number of hydrogen-bond acceptors (Lipinski definition) is 4. The molecule has 0 saturated carbocycles. The molecule has 1 aromatic heterocycles. The smallest absolute Gasteiger partial charge is 0.253 e. The van der Waals surface area contributed by atoms with Gasteiger partial charge in [0.1, 0.15) is 0 Å². The first kappa shape index (κ1) is 17.4. The van der Waals surface area contributed by atoms with E-state index in [4.69, 9.17) is 4.74 Å². The molecule has 0 aliphatic heterocycles. The molecule has 0 saturated heterocycles. The van der Waals surface area contributed by atoms with E-state index >= 15 is 0 Å². The number of hydrogen-bond donors (Lipinski definition) is 2. The molecule has 5 nitrogen and oxygen atoms in total. The summed E-state index contributed by atoms with van der Waals surface area (Å²) in [5.41, 5.74) is 1.43. The van der Waals surface area contributed by atoms with Crippen LogP contribution in [0.3, 0.4) is 0 Å². The summed E-state index contributed by atoms with van der Waals surface area (Å²) in [6, 6.07) is 1.75. The third kappa shape index (κ3) is 6.12. The van der Waals surface area contributed by atoms with Gasteiger partial charge in [0.15, 0.2) is 0 Å². The van der Waals surface area contributed by atoms with E-state index in [1.807, 2.05) is 0 Å². The lowest BCUT2D eigenvalue weighted by Gasteiger charge is -2.24. The minimum atomic E-state index is -0.0681. The first-order chi connectivity index (χ1) is 10.00. The van der Waals surface area contributed by atoms with Crippen LogP contribution < -0.4 is 10.6 Å². The summed E-state index contributed by atoms with van der Waals surface area (Å²) in [7, 11) is 1.69. The van der Waals surface area contributed by atoms with Gasteiger partial charge in [-0.25, -0.2) is 0 Å². The van der Waals surface area contributed by atoms with Gasteiger partial charge in [-0.15, -0.1) is 0 Å². The molecule has 0 aliphatic carbocycles. The highest BCUT2D eigenvalue weighted by Gasteiger charge is 2.20. The van der Waals surface area contributed by atoms with Crippen molar-refractivity contribution in [2.75, 3.05) is 32.1 Å². The van der Waals surface area contributed by atoms with Crippen molar-refractivity contribution in [1.82, 2.24) is 10.3 Å². The Morgan fingerprint density at radius 3 is 2.86 bits per heavy atom. The molecule has 5 heteroatoms. The Hall–Kier alpha value is -1.62. The highest BCUT2D eigenvalue weighted by molar-refractivity contribution is 5.99. The third-order valence-corrected chi connectivity index (χ3v) is 3.34. The number of ether oxygens (including phenoxy) is 1. The molecule has 0 unspecified atom stereocenters. The number of nitrogens with one attached hydrogen (secondary N) is 2. The van der Waals surface area contributed by atoms with Gasteiger partial charge >= 0.3 is 0 Å². The van der Waals surface area contributed by atoms with Crippen LogP contribution in [-0.2, 0) is 4.74 Å². The number of methoxy groups -OCH3 is 1. The number of carbonyl (C=O) groups excluding carboxylic acids is 1. The summed E-state index contributed by atoms with van der Waals surface area (Å²) >= 11 is 0. The van der Waals surface area contributed by atoms with Gasteiger partial charge in [-0.05, 0) is 24.3 Å². The van der Waals surface area contributed by atoms with Gasteiger partial charge in [0.05, 0.1) is 17.4 Å². The monoisotopic (exact) mass is 293 g/mol. The van der Waals surface area contributed by atoms with Crippen LogP contribution in [0.15, 0.2) is 18.5 Å². The molecule has 1 amide bonds. The standard InChI is InChI=1S/C16H27N3O2/c1-5-8-18-14-11-17-9-6-13(14)15(20)19-12-16(2,3)7-10-21-4/h6,9,11,18H,5,7-8,10,12H2,1-4H3,(H,19,20). The van der Waals surface area contributed by atoms with Crippen molar-refractivity contribution in [2.24, 2.45) is 5.41 Å². The molecule has 0 aromatic carbocycles. The SMILES string of the molecule is CCCNc1cnccc1C(=O)NCC(C)(C)CCOC. The first-order valence-corrected chi connectivity index (χ1v) is 7.45. The minimum absolute atomic E-state index is 0.00963. The second-order valence-electron chi connectivity index (χ2n) is 5.94. The van der Waals surface area contributed by atoms with Crippen LogP contribution in [0.5, 0.6) is 0 Å². The van der Waals surface area contributed by atoms with Crippen LogP contribution in [0, 0.1) is 5.41 Å². The van der Waals surface area contributed by atoms with Gasteiger partial charge < -0.3 is 15.4 Å². The molecule has 1 heterocycles.